The van der Waals surface area contributed by atoms with Crippen molar-refractivity contribution in [3.05, 3.63) is 147 Å². The summed E-state index contributed by atoms with van der Waals surface area (Å²) >= 11 is 12.1. The second kappa shape index (κ2) is 16.7. The molecular weight excluding hydrogens is 755 g/mol. The van der Waals surface area contributed by atoms with Crippen LogP contribution in [0.5, 0.6) is 11.5 Å². The Bertz CT molecular complexity index is 2310. The van der Waals surface area contributed by atoms with Crippen molar-refractivity contribution in [1.29, 1.82) is 5.26 Å². The van der Waals surface area contributed by atoms with Crippen LogP contribution in [-0.4, -0.2) is 53.7 Å². The van der Waals surface area contributed by atoms with E-state index >= 15 is 0 Å². The van der Waals surface area contributed by atoms with Crippen LogP contribution in [0.15, 0.2) is 103 Å². The van der Waals surface area contributed by atoms with Gasteiger partial charge in [0.05, 0.1) is 47.6 Å². The predicted molar refractivity (Wildman–Crippen MR) is 211 cm³/mol. The molecule has 0 spiro atoms. The van der Waals surface area contributed by atoms with Crippen LogP contribution in [0.1, 0.15) is 39.5 Å². The maximum Gasteiger partial charge on any atom is 0.408 e. The second-order valence-corrected chi connectivity index (χ2v) is 14.3. The first-order valence-electron chi connectivity index (χ1n) is 17.8. The summed E-state index contributed by atoms with van der Waals surface area (Å²) in [4.78, 5) is 40.2. The maximum absolute atomic E-state index is 13.8. The molecule has 0 saturated heterocycles. The van der Waals surface area contributed by atoms with E-state index in [2.05, 4.69) is 16.7 Å². The molecule has 5 aromatic rings. The molecule has 0 aliphatic carbocycles. The molecule has 13 heteroatoms. The summed E-state index contributed by atoms with van der Waals surface area (Å²) in [6.45, 7) is 0.763. The summed E-state index contributed by atoms with van der Waals surface area (Å²) in [6.07, 6.45) is -1.35. The third kappa shape index (κ3) is 8.52. The molecule has 2 aliphatic heterocycles. The van der Waals surface area contributed by atoms with Gasteiger partial charge in [0.1, 0.15) is 36.3 Å². The topological polar surface area (TPSA) is 150 Å². The van der Waals surface area contributed by atoms with Crippen LogP contribution in [-0.2, 0) is 40.3 Å². The molecule has 0 radical (unpaired) electrons. The fourth-order valence-electron chi connectivity index (χ4n) is 6.85. The number of hydrogen-bond donors (Lipinski definition) is 3. The number of esters is 1. The standard InChI is InChI=1S/C43H36Cl2N4O7/c1-54-42(51)37(17-25-2-7-28(8-3-25)29-9-4-26(21-46)5-10-29)48-41(50)38-19-31-18-36-39(20-32(31)23-49(38)43(52)53)56-40(22-47-36)30-11-13-33(14-12-30)55-24-27-6-15-34(44)35(45)16-27/h2-16,18,20,37-38,40,47H,17,19,22-24H2,1H3,(H,48,50)(H,52,53)/t37-,38?,40+/m0/s1. The van der Waals surface area contributed by atoms with Gasteiger partial charge in [0.15, 0.2) is 0 Å². The number of carbonyl (C=O) groups is 3. The number of nitrogens with one attached hydrogen (secondary N) is 2. The Balaban J connectivity index is 1.01. The fourth-order valence-corrected chi connectivity index (χ4v) is 7.18. The third-order valence-electron chi connectivity index (χ3n) is 9.91. The highest BCUT2D eigenvalue weighted by Gasteiger charge is 2.38. The minimum Gasteiger partial charge on any atom is -0.489 e. The molecule has 0 saturated carbocycles. The number of benzene rings is 5. The van der Waals surface area contributed by atoms with E-state index in [0.29, 0.717) is 40.3 Å². The van der Waals surface area contributed by atoms with Crippen molar-refractivity contribution in [2.24, 2.45) is 0 Å². The number of fused-ring (bicyclic) bond motifs is 2. The van der Waals surface area contributed by atoms with Crippen molar-refractivity contribution in [2.75, 3.05) is 19.0 Å². The van der Waals surface area contributed by atoms with Crippen molar-refractivity contribution in [2.45, 2.75) is 44.2 Å². The Kier molecular flexibility index (Phi) is 11.3. The number of hydrogen-bond acceptors (Lipinski definition) is 8. The molecule has 2 aliphatic rings. The quantitative estimate of drug-likeness (QED) is 0.120. The van der Waals surface area contributed by atoms with E-state index in [0.717, 1.165) is 49.5 Å². The average Bonchev–Trinajstić information content (AvgIpc) is 3.22. The van der Waals surface area contributed by atoms with Crippen LogP contribution in [0.25, 0.3) is 11.1 Å². The lowest BCUT2D eigenvalue weighted by atomic mass is 9.92. The Morgan fingerprint density at radius 1 is 0.929 bits per heavy atom. The van der Waals surface area contributed by atoms with Crippen LogP contribution >= 0.6 is 23.2 Å². The summed E-state index contributed by atoms with van der Waals surface area (Å²) < 4.78 is 17.3. The van der Waals surface area contributed by atoms with E-state index in [1.54, 1.807) is 24.3 Å². The maximum atomic E-state index is 13.8. The molecule has 284 valence electrons. The number of methoxy groups -OCH3 is 1. The van der Waals surface area contributed by atoms with Crippen molar-refractivity contribution in [3.8, 4) is 28.7 Å². The van der Waals surface area contributed by atoms with Gasteiger partial charge in [-0.05, 0) is 87.5 Å². The summed E-state index contributed by atoms with van der Waals surface area (Å²) in [7, 11) is 1.24. The van der Waals surface area contributed by atoms with Crippen LogP contribution in [0.3, 0.4) is 0 Å². The van der Waals surface area contributed by atoms with Crippen molar-refractivity contribution in [3.63, 3.8) is 0 Å². The average molecular weight is 792 g/mol. The number of nitriles is 1. The van der Waals surface area contributed by atoms with Gasteiger partial charge < -0.3 is 30.0 Å². The van der Waals surface area contributed by atoms with E-state index in [-0.39, 0.29) is 25.5 Å². The molecule has 3 N–H and O–H groups in total. The van der Waals surface area contributed by atoms with E-state index < -0.39 is 30.1 Å². The number of ether oxygens (including phenoxy) is 3. The molecule has 11 nitrogen and oxygen atoms in total. The lowest BCUT2D eigenvalue weighted by Gasteiger charge is -2.36. The van der Waals surface area contributed by atoms with Gasteiger partial charge >= 0.3 is 12.1 Å². The normalized spacial score (nSPS) is 16.1. The zero-order chi connectivity index (χ0) is 39.3. The van der Waals surface area contributed by atoms with Crippen molar-refractivity contribution >= 4 is 46.9 Å². The van der Waals surface area contributed by atoms with Gasteiger partial charge in [0.2, 0.25) is 5.91 Å². The van der Waals surface area contributed by atoms with Gasteiger partial charge in [-0.3, -0.25) is 9.69 Å². The monoisotopic (exact) mass is 790 g/mol. The fraction of sp³-hybridized carbons (Fsp3) is 0.209. The van der Waals surface area contributed by atoms with Gasteiger partial charge in [-0.2, -0.15) is 5.26 Å². The largest absolute Gasteiger partial charge is 0.489 e. The first-order chi connectivity index (χ1) is 27.1. The van der Waals surface area contributed by atoms with Gasteiger partial charge in [-0.15, -0.1) is 0 Å². The first kappa shape index (κ1) is 38.1. The Morgan fingerprint density at radius 2 is 1.62 bits per heavy atom. The van der Waals surface area contributed by atoms with E-state index in [1.165, 1.54) is 7.11 Å². The predicted octanol–water partition coefficient (Wildman–Crippen LogP) is 7.96. The lowest BCUT2D eigenvalue weighted by Crippen LogP contribution is -2.55. The molecule has 0 aromatic heterocycles. The van der Waals surface area contributed by atoms with Gasteiger partial charge in [-0.1, -0.05) is 77.8 Å². The van der Waals surface area contributed by atoms with Crippen molar-refractivity contribution < 1.29 is 33.7 Å². The molecule has 0 bridgehead atoms. The molecule has 2 amide bonds. The third-order valence-corrected chi connectivity index (χ3v) is 10.7. The lowest BCUT2D eigenvalue weighted by molar-refractivity contribution is -0.145. The number of carbonyl (C=O) groups excluding carboxylic acids is 2. The number of amides is 2. The van der Waals surface area contributed by atoms with E-state index in [4.69, 9.17) is 42.7 Å². The number of rotatable bonds is 10. The van der Waals surface area contributed by atoms with Crippen LogP contribution in [0, 0.1) is 11.3 Å². The van der Waals surface area contributed by atoms with Gasteiger partial charge in [-0.25, -0.2) is 9.59 Å². The summed E-state index contributed by atoms with van der Waals surface area (Å²) in [5.74, 6) is -0.000654. The van der Waals surface area contributed by atoms with E-state index in [1.807, 2.05) is 78.9 Å². The number of nitrogens with zero attached hydrogens (tertiary/aromatic N) is 2. The zero-order valence-corrected chi connectivity index (χ0v) is 31.6. The highest BCUT2D eigenvalue weighted by molar-refractivity contribution is 6.42. The van der Waals surface area contributed by atoms with E-state index in [9.17, 15) is 19.5 Å². The SMILES string of the molecule is COC(=O)[C@H](Cc1ccc(-c2ccc(C#N)cc2)cc1)NC(=O)C1Cc2cc3c(cc2CN1C(=O)O)O[C@@H](c1ccc(OCc2ccc(Cl)c(Cl)c2)cc1)CN3. The smallest absolute Gasteiger partial charge is 0.408 e. The van der Waals surface area contributed by atoms with Gasteiger partial charge in [0.25, 0.3) is 0 Å². The minimum absolute atomic E-state index is 0.0470. The molecule has 56 heavy (non-hydrogen) atoms. The first-order valence-corrected chi connectivity index (χ1v) is 18.5. The minimum atomic E-state index is -1.26. The molecule has 7 rings (SSSR count). The summed E-state index contributed by atoms with van der Waals surface area (Å²) in [5, 5.41) is 26.4. The van der Waals surface area contributed by atoms with Crippen LogP contribution < -0.4 is 20.1 Å². The van der Waals surface area contributed by atoms with Crippen molar-refractivity contribution in [1.82, 2.24) is 10.2 Å². The Morgan fingerprint density at radius 3 is 2.29 bits per heavy atom. The summed E-state index contributed by atoms with van der Waals surface area (Å²) in [5.41, 5.74) is 7.25. The Hall–Kier alpha value is -6.22. The highest BCUT2D eigenvalue weighted by Crippen LogP contribution is 2.39. The number of halogens is 2. The van der Waals surface area contributed by atoms with Crippen LogP contribution in [0.4, 0.5) is 10.5 Å². The van der Waals surface area contributed by atoms with Crippen LogP contribution in [0.2, 0.25) is 10.0 Å². The molecule has 2 heterocycles. The number of anilines is 1. The zero-order valence-electron chi connectivity index (χ0n) is 30.1. The number of carboxylic acid groups (broad SMARTS) is 1. The highest BCUT2D eigenvalue weighted by atomic mass is 35.5. The second-order valence-electron chi connectivity index (χ2n) is 13.5. The molecule has 0 fully saturated rings. The molecule has 1 unspecified atom stereocenters. The molecule has 3 atom stereocenters. The van der Waals surface area contributed by atoms with Gasteiger partial charge in [0, 0.05) is 12.8 Å². The summed E-state index contributed by atoms with van der Waals surface area (Å²) in [6, 6.07) is 31.3. The Labute approximate surface area is 333 Å². The molecular formula is C43H36Cl2N4O7. The molecule has 5 aromatic carbocycles.